The summed E-state index contributed by atoms with van der Waals surface area (Å²) in [5, 5.41) is 21.8. The minimum absolute atomic E-state index is 0.0231. The normalized spacial score (nSPS) is 10.7. The number of nitro groups is 1. The van der Waals surface area contributed by atoms with Gasteiger partial charge in [-0.25, -0.2) is 0 Å². The van der Waals surface area contributed by atoms with Crippen molar-refractivity contribution in [2.75, 3.05) is 13.6 Å². The zero-order chi connectivity index (χ0) is 14.5. The van der Waals surface area contributed by atoms with E-state index in [9.17, 15) is 10.1 Å². The fourth-order valence-corrected chi connectivity index (χ4v) is 1.88. The summed E-state index contributed by atoms with van der Waals surface area (Å²) in [6.07, 6.45) is 1.58. The zero-order valence-corrected chi connectivity index (χ0v) is 11.4. The molecule has 0 bridgehead atoms. The lowest BCUT2D eigenvalue weighted by Crippen LogP contribution is -2.08. The molecule has 7 heteroatoms. The highest BCUT2D eigenvalue weighted by Gasteiger charge is 2.14. The molecule has 2 aromatic rings. The fourth-order valence-electron chi connectivity index (χ4n) is 1.88. The Balaban J connectivity index is 2.21. The van der Waals surface area contributed by atoms with Gasteiger partial charge < -0.3 is 9.73 Å². The predicted octanol–water partition coefficient (Wildman–Crippen LogP) is 2.11. The maximum atomic E-state index is 10.8. The summed E-state index contributed by atoms with van der Waals surface area (Å²) in [5.74, 6) is 0.857. The van der Waals surface area contributed by atoms with Crippen LogP contribution < -0.4 is 5.32 Å². The second-order valence-electron chi connectivity index (χ2n) is 4.52. The Labute approximate surface area is 116 Å². The van der Waals surface area contributed by atoms with Gasteiger partial charge in [0, 0.05) is 24.1 Å². The van der Waals surface area contributed by atoms with Crippen molar-refractivity contribution < 1.29 is 9.34 Å². The molecule has 2 rings (SSSR count). The zero-order valence-electron chi connectivity index (χ0n) is 11.4. The second kappa shape index (κ2) is 6.25. The van der Waals surface area contributed by atoms with Crippen LogP contribution in [0.4, 0.5) is 5.69 Å². The van der Waals surface area contributed by atoms with Gasteiger partial charge in [0.1, 0.15) is 0 Å². The first-order valence-corrected chi connectivity index (χ1v) is 6.33. The molecule has 0 amide bonds. The average Bonchev–Trinajstić information content (AvgIpc) is 2.87. The number of rotatable bonds is 6. The average molecular weight is 276 g/mol. The highest BCUT2D eigenvalue weighted by Crippen LogP contribution is 2.25. The van der Waals surface area contributed by atoms with Gasteiger partial charge in [0.15, 0.2) is 0 Å². The van der Waals surface area contributed by atoms with E-state index in [0.717, 1.165) is 18.5 Å². The Hall–Kier alpha value is -2.28. The third kappa shape index (κ3) is 3.39. The lowest BCUT2D eigenvalue weighted by atomic mass is 10.1. The van der Waals surface area contributed by atoms with Crippen LogP contribution in [0.25, 0.3) is 11.5 Å². The first-order chi connectivity index (χ1) is 9.60. The highest BCUT2D eigenvalue weighted by atomic mass is 16.6. The van der Waals surface area contributed by atoms with Gasteiger partial charge in [0.2, 0.25) is 11.8 Å². The number of non-ortho nitro benzene ring substituents is 1. The first-order valence-electron chi connectivity index (χ1n) is 6.33. The summed E-state index contributed by atoms with van der Waals surface area (Å²) >= 11 is 0. The van der Waals surface area contributed by atoms with E-state index in [0.29, 0.717) is 23.8 Å². The van der Waals surface area contributed by atoms with E-state index in [-0.39, 0.29) is 5.69 Å². The molecule has 0 aliphatic rings. The molecule has 0 saturated carbocycles. The lowest BCUT2D eigenvalue weighted by molar-refractivity contribution is -0.384. The van der Waals surface area contributed by atoms with Gasteiger partial charge in [-0.3, -0.25) is 10.1 Å². The predicted molar refractivity (Wildman–Crippen MR) is 73.4 cm³/mol. The van der Waals surface area contributed by atoms with E-state index in [1.54, 1.807) is 13.0 Å². The van der Waals surface area contributed by atoms with E-state index in [1.165, 1.54) is 12.1 Å². The molecular weight excluding hydrogens is 260 g/mol. The summed E-state index contributed by atoms with van der Waals surface area (Å²) in [7, 11) is 1.88. The molecule has 0 aliphatic carbocycles. The SMILES string of the molecule is CNCCCc1nnc(-c2cc(C)cc([N+](=O)[O-])c2)o1. The van der Waals surface area contributed by atoms with E-state index >= 15 is 0 Å². The smallest absolute Gasteiger partial charge is 0.270 e. The minimum Gasteiger partial charge on any atom is -0.421 e. The van der Waals surface area contributed by atoms with Crippen LogP contribution in [0.5, 0.6) is 0 Å². The number of hydrogen-bond donors (Lipinski definition) is 1. The van der Waals surface area contributed by atoms with Gasteiger partial charge in [-0.05, 0) is 38.6 Å². The monoisotopic (exact) mass is 276 g/mol. The molecule has 7 nitrogen and oxygen atoms in total. The van der Waals surface area contributed by atoms with Crippen LogP contribution in [0.3, 0.4) is 0 Å². The third-order valence-electron chi connectivity index (χ3n) is 2.80. The summed E-state index contributed by atoms with van der Waals surface area (Å²) < 4.78 is 5.53. The van der Waals surface area contributed by atoms with Crippen LogP contribution in [0.1, 0.15) is 17.9 Å². The molecule has 20 heavy (non-hydrogen) atoms. The Morgan fingerprint density at radius 3 is 2.85 bits per heavy atom. The molecule has 1 N–H and O–H groups in total. The first kappa shape index (κ1) is 14.1. The van der Waals surface area contributed by atoms with Crippen LogP contribution in [-0.2, 0) is 6.42 Å². The van der Waals surface area contributed by atoms with Crippen molar-refractivity contribution in [2.24, 2.45) is 0 Å². The standard InChI is InChI=1S/C13H16N4O3/c1-9-6-10(8-11(7-9)17(18)19)13-16-15-12(20-13)4-3-5-14-2/h6-8,14H,3-5H2,1-2H3. The second-order valence-corrected chi connectivity index (χ2v) is 4.52. The Morgan fingerprint density at radius 1 is 1.35 bits per heavy atom. The number of aromatic nitrogens is 2. The number of hydrogen-bond acceptors (Lipinski definition) is 6. The molecule has 1 heterocycles. The number of nitrogens with zero attached hydrogens (tertiary/aromatic N) is 3. The molecule has 0 unspecified atom stereocenters. The molecule has 0 radical (unpaired) electrons. The third-order valence-corrected chi connectivity index (χ3v) is 2.80. The maximum Gasteiger partial charge on any atom is 0.270 e. The Bertz CT molecular complexity index is 609. The summed E-state index contributed by atoms with van der Waals surface area (Å²) in [5.41, 5.74) is 1.38. The van der Waals surface area contributed by atoms with Crippen molar-refractivity contribution >= 4 is 5.69 Å². The van der Waals surface area contributed by atoms with E-state index in [1.807, 2.05) is 7.05 Å². The number of nitro benzene ring substituents is 1. The van der Waals surface area contributed by atoms with Crippen LogP contribution in [-0.4, -0.2) is 28.7 Å². The van der Waals surface area contributed by atoms with Crippen LogP contribution >= 0.6 is 0 Å². The van der Waals surface area contributed by atoms with Crippen LogP contribution in [0.15, 0.2) is 22.6 Å². The number of benzene rings is 1. The molecule has 0 atom stereocenters. The molecule has 1 aromatic carbocycles. The van der Waals surface area contributed by atoms with Crippen molar-refractivity contribution in [3.05, 3.63) is 39.8 Å². The van der Waals surface area contributed by atoms with E-state index in [4.69, 9.17) is 4.42 Å². The molecular formula is C13H16N4O3. The minimum atomic E-state index is -0.430. The number of aryl methyl sites for hydroxylation is 2. The van der Waals surface area contributed by atoms with Gasteiger partial charge >= 0.3 is 0 Å². The molecule has 0 aliphatic heterocycles. The largest absolute Gasteiger partial charge is 0.421 e. The highest BCUT2D eigenvalue weighted by molar-refractivity contribution is 5.59. The summed E-state index contributed by atoms with van der Waals surface area (Å²) in [4.78, 5) is 10.4. The number of nitrogens with one attached hydrogen (secondary N) is 1. The molecule has 1 aromatic heterocycles. The molecule has 0 fully saturated rings. The van der Waals surface area contributed by atoms with E-state index in [2.05, 4.69) is 15.5 Å². The van der Waals surface area contributed by atoms with E-state index < -0.39 is 4.92 Å². The van der Waals surface area contributed by atoms with Crippen molar-refractivity contribution in [3.8, 4) is 11.5 Å². The topological polar surface area (TPSA) is 94.1 Å². The van der Waals surface area contributed by atoms with Crippen molar-refractivity contribution in [3.63, 3.8) is 0 Å². The quantitative estimate of drug-likeness (QED) is 0.493. The Kier molecular flexibility index (Phi) is 4.41. The van der Waals surface area contributed by atoms with Gasteiger partial charge in [0.25, 0.3) is 5.69 Å². The van der Waals surface area contributed by atoms with Crippen LogP contribution in [0, 0.1) is 17.0 Å². The fraction of sp³-hybridized carbons (Fsp3) is 0.385. The van der Waals surface area contributed by atoms with Crippen molar-refractivity contribution in [1.29, 1.82) is 0 Å². The van der Waals surface area contributed by atoms with Crippen LogP contribution in [0.2, 0.25) is 0 Å². The molecule has 0 saturated heterocycles. The van der Waals surface area contributed by atoms with Crippen molar-refractivity contribution in [1.82, 2.24) is 15.5 Å². The van der Waals surface area contributed by atoms with Gasteiger partial charge in [-0.2, -0.15) is 0 Å². The lowest BCUT2D eigenvalue weighted by Gasteiger charge is -1.98. The summed E-state index contributed by atoms with van der Waals surface area (Å²) in [6.45, 7) is 2.66. The Morgan fingerprint density at radius 2 is 2.15 bits per heavy atom. The molecule has 0 spiro atoms. The van der Waals surface area contributed by atoms with Gasteiger partial charge in [0.05, 0.1) is 4.92 Å². The summed E-state index contributed by atoms with van der Waals surface area (Å²) in [6, 6.07) is 4.74. The molecule has 106 valence electrons. The van der Waals surface area contributed by atoms with Gasteiger partial charge in [-0.1, -0.05) is 0 Å². The van der Waals surface area contributed by atoms with Gasteiger partial charge in [-0.15, -0.1) is 10.2 Å². The van der Waals surface area contributed by atoms with Crippen molar-refractivity contribution in [2.45, 2.75) is 19.8 Å². The maximum absolute atomic E-state index is 10.8.